The maximum absolute atomic E-state index is 14.9. The number of amides is 1. The quantitative estimate of drug-likeness (QED) is 0.199. The third kappa shape index (κ3) is 6.35. The fraction of sp³-hybridized carbons (Fsp3) is 0.190. The SMILES string of the molecule is CNN(C)SONc1nccc(Cc2cc(C(N)=O)c(Nc3ccc(C)cc3F)cn2)c1F. The van der Waals surface area contributed by atoms with Crippen molar-refractivity contribution in [2.45, 2.75) is 13.3 Å². The Labute approximate surface area is 194 Å². The number of aryl methyl sites for hydroxylation is 1. The summed E-state index contributed by atoms with van der Waals surface area (Å²) in [5, 5.41) is 2.84. The normalized spacial score (nSPS) is 11.0. The highest BCUT2D eigenvalue weighted by molar-refractivity contribution is 7.92. The van der Waals surface area contributed by atoms with Crippen molar-refractivity contribution in [2.24, 2.45) is 5.73 Å². The summed E-state index contributed by atoms with van der Waals surface area (Å²) in [7, 11) is 3.40. The number of carbonyl (C=O) groups is 1. The average Bonchev–Trinajstić information content (AvgIpc) is 2.78. The van der Waals surface area contributed by atoms with Gasteiger partial charge in [-0.05, 0) is 49.4 Å². The first-order valence-corrected chi connectivity index (χ1v) is 10.4. The van der Waals surface area contributed by atoms with Crippen LogP contribution in [0.15, 0.2) is 42.7 Å². The second-order valence-corrected chi connectivity index (χ2v) is 7.85. The van der Waals surface area contributed by atoms with Gasteiger partial charge in [0.15, 0.2) is 11.6 Å². The fourth-order valence-corrected chi connectivity index (χ4v) is 3.11. The molecule has 3 aromatic rings. The Morgan fingerprint density at radius 2 is 2.00 bits per heavy atom. The zero-order valence-electron chi connectivity index (χ0n) is 18.1. The highest BCUT2D eigenvalue weighted by Gasteiger charge is 2.16. The van der Waals surface area contributed by atoms with Gasteiger partial charge in [-0.1, -0.05) is 6.07 Å². The van der Waals surface area contributed by atoms with Gasteiger partial charge in [-0.3, -0.25) is 9.78 Å². The summed E-state index contributed by atoms with van der Waals surface area (Å²) in [5.74, 6) is -1.94. The lowest BCUT2D eigenvalue weighted by molar-refractivity contribution is 0.100. The van der Waals surface area contributed by atoms with Gasteiger partial charge in [0.25, 0.3) is 5.91 Å². The van der Waals surface area contributed by atoms with Crippen LogP contribution >= 0.6 is 12.2 Å². The minimum atomic E-state index is -0.731. The summed E-state index contributed by atoms with van der Waals surface area (Å²) in [6, 6.07) is 7.59. The molecule has 0 fully saturated rings. The number of nitrogens with one attached hydrogen (secondary N) is 3. The standard InChI is InChI=1S/C21H23F2N7O2S/c1-12-4-5-17(16(22)8-12)28-18-11-27-14(10-15(18)20(24)31)9-13-6-7-26-21(19(13)23)29-32-33-30(3)25-2/h4-8,10-11,25,28H,9H2,1-3H3,(H2,24,31)(H,26,29). The first-order valence-electron chi connectivity index (χ1n) is 9.74. The predicted molar refractivity (Wildman–Crippen MR) is 123 cm³/mol. The lowest BCUT2D eigenvalue weighted by Gasteiger charge is -2.14. The molecule has 2 heterocycles. The minimum absolute atomic E-state index is 0.0616. The molecule has 0 spiro atoms. The van der Waals surface area contributed by atoms with E-state index >= 15 is 0 Å². The molecule has 0 radical (unpaired) electrons. The summed E-state index contributed by atoms with van der Waals surface area (Å²) < 4.78 is 35.7. The topological polar surface area (TPSA) is 117 Å². The number of hydrogen-bond donors (Lipinski definition) is 4. The molecule has 0 saturated carbocycles. The Kier molecular flexibility index (Phi) is 8.11. The number of aromatic nitrogens is 2. The van der Waals surface area contributed by atoms with Gasteiger partial charge in [-0.15, -0.1) is 0 Å². The predicted octanol–water partition coefficient (Wildman–Crippen LogP) is 3.47. The van der Waals surface area contributed by atoms with Crippen LogP contribution < -0.4 is 22.0 Å². The smallest absolute Gasteiger partial charge is 0.250 e. The van der Waals surface area contributed by atoms with Crippen molar-refractivity contribution < 1.29 is 17.9 Å². The van der Waals surface area contributed by atoms with Gasteiger partial charge in [0.05, 0.1) is 23.1 Å². The van der Waals surface area contributed by atoms with Gasteiger partial charge < -0.3 is 11.1 Å². The molecule has 0 unspecified atom stereocenters. The van der Waals surface area contributed by atoms with Gasteiger partial charge in [0, 0.05) is 25.4 Å². The molecule has 9 nitrogen and oxygen atoms in total. The molecule has 174 valence electrons. The van der Waals surface area contributed by atoms with E-state index < -0.39 is 17.5 Å². The Morgan fingerprint density at radius 3 is 2.70 bits per heavy atom. The van der Waals surface area contributed by atoms with Crippen LogP contribution in [0, 0.1) is 18.6 Å². The molecule has 2 aromatic heterocycles. The Balaban J connectivity index is 1.80. The van der Waals surface area contributed by atoms with Crippen molar-refractivity contribution in [3.8, 4) is 0 Å². The number of hydrazine groups is 1. The molecule has 12 heteroatoms. The first kappa shape index (κ1) is 24.3. The number of rotatable bonds is 10. The number of nitrogens with zero attached hydrogens (tertiary/aromatic N) is 3. The van der Waals surface area contributed by atoms with E-state index in [9.17, 15) is 13.6 Å². The van der Waals surface area contributed by atoms with Crippen molar-refractivity contribution >= 4 is 35.3 Å². The highest BCUT2D eigenvalue weighted by Crippen LogP contribution is 2.25. The van der Waals surface area contributed by atoms with Crippen molar-refractivity contribution in [1.29, 1.82) is 0 Å². The molecule has 1 amide bonds. The number of pyridine rings is 2. The van der Waals surface area contributed by atoms with Crippen molar-refractivity contribution in [3.63, 3.8) is 0 Å². The molecule has 5 N–H and O–H groups in total. The lowest BCUT2D eigenvalue weighted by Crippen LogP contribution is -2.24. The van der Waals surface area contributed by atoms with E-state index in [1.54, 1.807) is 37.6 Å². The molecule has 0 aliphatic carbocycles. The second kappa shape index (κ2) is 11.0. The fourth-order valence-electron chi connectivity index (χ4n) is 2.80. The first-order chi connectivity index (χ1) is 15.8. The maximum Gasteiger partial charge on any atom is 0.250 e. The molecule has 0 aliphatic rings. The summed E-state index contributed by atoms with van der Waals surface area (Å²) in [6.07, 6.45) is 2.84. The number of benzene rings is 1. The zero-order chi connectivity index (χ0) is 24.0. The van der Waals surface area contributed by atoms with Crippen LogP contribution in [0.3, 0.4) is 0 Å². The summed E-state index contributed by atoms with van der Waals surface area (Å²) in [5.41, 5.74) is 12.7. The van der Waals surface area contributed by atoms with Crippen LogP contribution in [0.25, 0.3) is 0 Å². The van der Waals surface area contributed by atoms with Crippen LogP contribution in [-0.2, 0) is 10.7 Å². The van der Waals surface area contributed by atoms with Gasteiger partial charge in [-0.25, -0.2) is 24.7 Å². The third-order valence-corrected chi connectivity index (χ3v) is 5.13. The van der Waals surface area contributed by atoms with Crippen LogP contribution in [0.4, 0.5) is 26.0 Å². The van der Waals surface area contributed by atoms with Gasteiger partial charge in [0.2, 0.25) is 0 Å². The monoisotopic (exact) mass is 475 g/mol. The number of halogens is 2. The van der Waals surface area contributed by atoms with Crippen LogP contribution in [0.5, 0.6) is 0 Å². The van der Waals surface area contributed by atoms with Crippen LogP contribution in [0.2, 0.25) is 0 Å². The van der Waals surface area contributed by atoms with Crippen molar-refractivity contribution in [1.82, 2.24) is 19.8 Å². The largest absolute Gasteiger partial charge is 0.366 e. The maximum atomic E-state index is 14.9. The third-order valence-electron chi connectivity index (χ3n) is 4.56. The van der Waals surface area contributed by atoms with E-state index in [0.717, 1.165) is 17.8 Å². The van der Waals surface area contributed by atoms with Crippen LogP contribution in [-0.4, -0.2) is 34.4 Å². The zero-order valence-corrected chi connectivity index (χ0v) is 19.0. The Morgan fingerprint density at radius 1 is 1.21 bits per heavy atom. The molecular weight excluding hydrogens is 452 g/mol. The van der Waals surface area contributed by atoms with Gasteiger partial charge in [0.1, 0.15) is 18.0 Å². The molecule has 0 atom stereocenters. The molecule has 1 aromatic carbocycles. The van der Waals surface area contributed by atoms with Gasteiger partial charge >= 0.3 is 0 Å². The summed E-state index contributed by atoms with van der Waals surface area (Å²) >= 11 is 0.906. The van der Waals surface area contributed by atoms with E-state index in [1.807, 2.05) is 0 Å². The molecule has 0 aliphatic heterocycles. The molecule has 0 bridgehead atoms. The second-order valence-electron chi connectivity index (χ2n) is 6.98. The molecular formula is C21H23F2N7O2S. The van der Waals surface area contributed by atoms with E-state index in [-0.39, 0.29) is 34.7 Å². The van der Waals surface area contributed by atoms with Crippen molar-refractivity contribution in [2.75, 3.05) is 24.9 Å². The Hall–Kier alpha value is -3.32. The van der Waals surface area contributed by atoms with E-state index in [4.69, 9.17) is 10.0 Å². The number of hydrogen-bond acceptors (Lipinski definition) is 9. The summed E-state index contributed by atoms with van der Waals surface area (Å²) in [6.45, 7) is 1.77. The lowest BCUT2D eigenvalue weighted by atomic mass is 10.1. The van der Waals surface area contributed by atoms with E-state index in [2.05, 4.69) is 26.2 Å². The highest BCUT2D eigenvalue weighted by atomic mass is 32.2. The minimum Gasteiger partial charge on any atom is -0.366 e. The van der Waals surface area contributed by atoms with E-state index in [0.29, 0.717) is 5.69 Å². The number of primary amides is 1. The molecule has 33 heavy (non-hydrogen) atoms. The average molecular weight is 476 g/mol. The number of nitrogens with two attached hydrogens (primary N) is 1. The Bertz CT molecular complexity index is 1150. The van der Waals surface area contributed by atoms with E-state index in [1.165, 1.54) is 30.6 Å². The molecule has 3 rings (SSSR count). The van der Waals surface area contributed by atoms with Crippen LogP contribution in [0.1, 0.15) is 27.2 Å². The molecule has 0 saturated heterocycles. The van der Waals surface area contributed by atoms with Gasteiger partial charge in [-0.2, -0.15) is 8.70 Å². The number of carbonyl (C=O) groups excluding carboxylic acids is 1. The summed E-state index contributed by atoms with van der Waals surface area (Å²) in [4.78, 5) is 20.2. The van der Waals surface area contributed by atoms with Crippen molar-refractivity contribution in [3.05, 3.63) is 76.7 Å². The number of anilines is 3.